The molecule has 5 nitrogen and oxygen atoms in total. The zero-order valence-corrected chi connectivity index (χ0v) is 13.9. The van der Waals surface area contributed by atoms with E-state index in [1.165, 1.54) is 0 Å². The lowest BCUT2D eigenvalue weighted by Crippen LogP contribution is -2.31. The summed E-state index contributed by atoms with van der Waals surface area (Å²) in [5.41, 5.74) is 1.72. The van der Waals surface area contributed by atoms with Gasteiger partial charge in [-0.25, -0.2) is 9.97 Å². The first-order valence-corrected chi connectivity index (χ1v) is 12.9. The van der Waals surface area contributed by atoms with Gasteiger partial charge in [0.05, 0.1) is 18.0 Å². The zero-order valence-electron chi connectivity index (χ0n) is 11.9. The molecule has 7 heteroatoms. The number of rotatable bonds is 3. The predicted octanol–water partition coefficient (Wildman–Crippen LogP) is 2.72. The summed E-state index contributed by atoms with van der Waals surface area (Å²) in [6.45, 7) is 13.1. The molecule has 0 aliphatic carbocycles. The largest absolute Gasteiger partial charge is 0.518 e. The Balaban J connectivity index is 2.43. The van der Waals surface area contributed by atoms with Crippen molar-refractivity contribution < 1.29 is 4.43 Å². The van der Waals surface area contributed by atoms with E-state index in [1.54, 1.807) is 0 Å². The molecular weight excluding hydrogens is 260 g/mol. The maximum atomic E-state index is 5.78. The van der Waals surface area contributed by atoms with Gasteiger partial charge in [0.15, 0.2) is 13.9 Å². The molecule has 0 atom stereocenters. The molecule has 0 aliphatic heterocycles. The average Bonchev–Trinajstić information content (AvgIpc) is 2.56. The van der Waals surface area contributed by atoms with Gasteiger partial charge in [-0.1, -0.05) is 19.6 Å². The van der Waals surface area contributed by atoms with E-state index in [-0.39, 0.29) is 0 Å². The fraction of sp³-hybridized carbons (Fsp3) is 0.545. The molecule has 0 N–H and O–H groups in total. The third kappa shape index (κ3) is 2.78. The van der Waals surface area contributed by atoms with Crippen molar-refractivity contribution in [3.63, 3.8) is 0 Å². The molecule has 0 saturated carbocycles. The van der Waals surface area contributed by atoms with Crippen LogP contribution in [0, 0.1) is 0 Å². The van der Waals surface area contributed by atoms with Crippen molar-refractivity contribution in [2.75, 3.05) is 0 Å². The fourth-order valence-corrected chi connectivity index (χ4v) is 3.58. The highest BCUT2D eigenvalue weighted by Gasteiger charge is 2.22. The molecule has 98 valence electrons. The van der Waals surface area contributed by atoms with Gasteiger partial charge in [0.25, 0.3) is 0 Å². The molecule has 0 fully saturated rings. The second kappa shape index (κ2) is 4.16. The smallest absolute Gasteiger partial charge is 0.304 e. The van der Waals surface area contributed by atoms with Gasteiger partial charge in [-0.15, -0.1) is 0 Å². The van der Waals surface area contributed by atoms with Crippen LogP contribution in [-0.4, -0.2) is 35.7 Å². The summed E-state index contributed by atoms with van der Waals surface area (Å²) in [6, 6.07) is 0.447. The third-order valence-electron chi connectivity index (χ3n) is 2.40. The summed E-state index contributed by atoms with van der Waals surface area (Å²) in [5, 5.41) is 0. The van der Waals surface area contributed by atoms with Crippen molar-refractivity contribution in [2.24, 2.45) is 0 Å². The van der Waals surface area contributed by atoms with E-state index in [2.05, 4.69) is 58.5 Å². The van der Waals surface area contributed by atoms with E-state index < -0.39 is 16.6 Å². The Labute approximate surface area is 109 Å². The average molecular weight is 280 g/mol. The first-order valence-electron chi connectivity index (χ1n) is 6.06. The summed E-state index contributed by atoms with van der Waals surface area (Å²) in [5.74, 6) is 0. The molecule has 0 aromatic carbocycles. The van der Waals surface area contributed by atoms with Gasteiger partial charge in [0.2, 0.25) is 8.32 Å². The highest BCUT2D eigenvalue weighted by molar-refractivity contribution is 6.75. The normalized spacial score (nSPS) is 13.0. The minimum Gasteiger partial charge on any atom is -0.518 e. The molecule has 0 radical (unpaired) electrons. The molecule has 0 spiro atoms. The van der Waals surface area contributed by atoms with Crippen LogP contribution in [0.25, 0.3) is 11.2 Å². The Morgan fingerprint density at radius 2 is 1.72 bits per heavy atom. The molecule has 0 bridgehead atoms. The van der Waals surface area contributed by atoms with Gasteiger partial charge < -0.3 is 8.66 Å². The Kier molecular flexibility index (Phi) is 3.06. The Morgan fingerprint density at radius 3 is 2.28 bits per heavy atom. The molecule has 2 rings (SSSR count). The van der Waals surface area contributed by atoms with Gasteiger partial charge >= 0.3 is 6.01 Å². The fourth-order valence-electron chi connectivity index (χ4n) is 1.65. The van der Waals surface area contributed by atoms with Crippen molar-refractivity contribution in [2.45, 2.75) is 39.3 Å². The summed E-state index contributed by atoms with van der Waals surface area (Å²) in [4.78, 5) is 13.0. The third-order valence-corrected chi connectivity index (χ3v) is 5.00. The van der Waals surface area contributed by atoms with Crippen LogP contribution in [-0.2, 0) is 0 Å². The first-order chi connectivity index (χ1) is 8.17. The van der Waals surface area contributed by atoms with E-state index in [1.807, 2.05) is 12.5 Å². The van der Waals surface area contributed by atoms with Gasteiger partial charge in [-0.05, 0) is 19.6 Å². The first kappa shape index (κ1) is 13.2. The van der Waals surface area contributed by atoms with Crippen molar-refractivity contribution in [1.82, 2.24) is 19.2 Å². The topological polar surface area (TPSA) is 52.8 Å². The van der Waals surface area contributed by atoms with Crippen LogP contribution >= 0.6 is 0 Å². The maximum Gasteiger partial charge on any atom is 0.304 e. The minimum absolute atomic E-state index is 0.447. The molecule has 0 aliphatic rings. The van der Waals surface area contributed by atoms with E-state index >= 15 is 0 Å². The van der Waals surface area contributed by atoms with Crippen molar-refractivity contribution in [3.8, 4) is 6.01 Å². The van der Waals surface area contributed by atoms with Gasteiger partial charge in [-0.2, -0.15) is 4.98 Å². The van der Waals surface area contributed by atoms with Crippen LogP contribution in [0.15, 0.2) is 12.5 Å². The van der Waals surface area contributed by atoms with Gasteiger partial charge in [-0.3, -0.25) is 0 Å². The predicted molar refractivity (Wildman–Crippen MR) is 78.0 cm³/mol. The number of aromatic nitrogens is 4. The molecule has 18 heavy (non-hydrogen) atoms. The summed E-state index contributed by atoms with van der Waals surface area (Å²) >= 11 is 0. The van der Waals surface area contributed by atoms with Crippen molar-refractivity contribution in [3.05, 3.63) is 12.5 Å². The van der Waals surface area contributed by atoms with Crippen LogP contribution in [0.4, 0.5) is 0 Å². The molecular formula is C11H20N4OSi2. The van der Waals surface area contributed by atoms with E-state index in [0.717, 1.165) is 11.2 Å². The molecule has 2 aromatic heterocycles. The molecule has 0 unspecified atom stereocenters. The number of hydrogen-bond acceptors (Lipinski definition) is 4. The number of imidazole rings is 1. The Bertz CT molecular complexity index is 568. The van der Waals surface area contributed by atoms with Crippen molar-refractivity contribution in [1.29, 1.82) is 0 Å². The standard InChI is InChI=1S/C11H20N4OSi2/c1-17(2,3)15-8-13-10-9(15)7-12-11(14-10)16-18(4,5)6/h7-8H,1-6H3. The second-order valence-electron chi connectivity index (χ2n) is 6.36. The lowest BCUT2D eigenvalue weighted by Gasteiger charge is -2.19. The summed E-state index contributed by atoms with van der Waals surface area (Å²) in [7, 11) is -3.13. The van der Waals surface area contributed by atoms with Crippen molar-refractivity contribution >= 4 is 27.7 Å². The van der Waals surface area contributed by atoms with E-state index in [9.17, 15) is 0 Å². The number of hydrogen-bond donors (Lipinski definition) is 0. The van der Waals surface area contributed by atoms with E-state index in [0.29, 0.717) is 6.01 Å². The zero-order chi connectivity index (χ0) is 13.6. The highest BCUT2D eigenvalue weighted by atomic mass is 28.4. The molecule has 0 saturated heterocycles. The van der Waals surface area contributed by atoms with Crippen LogP contribution < -0.4 is 4.43 Å². The monoisotopic (exact) mass is 280 g/mol. The summed E-state index contributed by atoms with van der Waals surface area (Å²) in [6.07, 6.45) is 3.69. The minimum atomic E-state index is -1.67. The van der Waals surface area contributed by atoms with Crippen LogP contribution in [0.1, 0.15) is 0 Å². The number of nitrogens with zero attached hydrogens (tertiary/aromatic N) is 4. The van der Waals surface area contributed by atoms with Crippen LogP contribution in [0.2, 0.25) is 39.3 Å². The van der Waals surface area contributed by atoms with E-state index in [4.69, 9.17) is 4.43 Å². The second-order valence-corrected chi connectivity index (χ2v) is 15.6. The SMILES string of the molecule is C[Si](C)(C)Oc1ncc2c(ncn2[Si](C)(C)C)n1. The van der Waals surface area contributed by atoms with Crippen LogP contribution in [0.3, 0.4) is 0 Å². The van der Waals surface area contributed by atoms with Gasteiger partial charge in [0, 0.05) is 0 Å². The lowest BCUT2D eigenvalue weighted by molar-refractivity contribution is 0.512. The number of fused-ring (bicyclic) bond motifs is 1. The molecule has 0 amide bonds. The van der Waals surface area contributed by atoms with Crippen LogP contribution in [0.5, 0.6) is 6.01 Å². The Morgan fingerprint density at radius 1 is 1.06 bits per heavy atom. The quantitative estimate of drug-likeness (QED) is 0.811. The lowest BCUT2D eigenvalue weighted by atomic mass is 10.6. The maximum absolute atomic E-state index is 5.78. The summed E-state index contributed by atoms with van der Waals surface area (Å²) < 4.78 is 7.99. The molecule has 2 heterocycles. The van der Waals surface area contributed by atoms with Gasteiger partial charge in [0.1, 0.15) is 0 Å². The Hall–Kier alpha value is -1.22. The highest BCUT2D eigenvalue weighted by Crippen LogP contribution is 2.18. The molecule has 2 aromatic rings.